The number of methoxy groups -OCH3 is 1. The second-order valence-electron chi connectivity index (χ2n) is 4.28. The third kappa shape index (κ3) is 7.78. The molecular weight excluding hydrogens is 275 g/mol. The van der Waals surface area contributed by atoms with Crippen LogP contribution in [0.2, 0.25) is 0 Å². The van der Waals surface area contributed by atoms with E-state index in [1.165, 1.54) is 6.07 Å². The van der Waals surface area contributed by atoms with Gasteiger partial charge in [0.1, 0.15) is 12.4 Å². The van der Waals surface area contributed by atoms with Crippen molar-refractivity contribution in [1.82, 2.24) is 0 Å². The van der Waals surface area contributed by atoms with Gasteiger partial charge in [-0.3, -0.25) is 0 Å². The fourth-order valence-corrected chi connectivity index (χ4v) is 1.59. The summed E-state index contributed by atoms with van der Waals surface area (Å²) in [5.41, 5.74) is 1.01. The molecule has 1 rings (SSSR count). The molecule has 0 spiro atoms. The topological polar surface area (TPSA) is 47.9 Å². The van der Waals surface area contributed by atoms with Crippen molar-refractivity contribution >= 4 is 0 Å². The van der Waals surface area contributed by atoms with Crippen molar-refractivity contribution in [2.24, 2.45) is 0 Å². The van der Waals surface area contributed by atoms with Crippen molar-refractivity contribution < 1.29 is 23.7 Å². The highest BCUT2D eigenvalue weighted by atomic mass is 19.1. The van der Waals surface area contributed by atoms with Crippen molar-refractivity contribution in [3.63, 3.8) is 0 Å². The lowest BCUT2D eigenvalue weighted by Crippen LogP contribution is -2.07. The molecule has 0 unspecified atom stereocenters. The van der Waals surface area contributed by atoms with Crippen LogP contribution in [0.5, 0.6) is 0 Å². The largest absolute Gasteiger partial charge is 0.385 e. The van der Waals surface area contributed by atoms with Crippen LogP contribution in [-0.4, -0.2) is 45.3 Å². The van der Waals surface area contributed by atoms with Crippen LogP contribution >= 0.6 is 0 Å². The van der Waals surface area contributed by atoms with Crippen LogP contribution in [-0.2, 0) is 20.8 Å². The van der Waals surface area contributed by atoms with E-state index in [2.05, 4.69) is 11.8 Å². The first-order valence-corrected chi connectivity index (χ1v) is 6.80. The molecule has 0 aromatic heterocycles. The van der Waals surface area contributed by atoms with Gasteiger partial charge in [0.15, 0.2) is 0 Å². The Hall–Kier alpha value is -1.45. The quantitative estimate of drug-likeness (QED) is 0.557. The molecule has 0 fully saturated rings. The summed E-state index contributed by atoms with van der Waals surface area (Å²) in [6.07, 6.45) is 0.849. The molecule has 21 heavy (non-hydrogen) atoms. The van der Waals surface area contributed by atoms with Gasteiger partial charge in [0.25, 0.3) is 0 Å². The SMILES string of the molecule is COCCCOCCOCc1ccc(C#CCO)cc1F. The van der Waals surface area contributed by atoms with Gasteiger partial charge >= 0.3 is 0 Å². The number of benzene rings is 1. The summed E-state index contributed by atoms with van der Waals surface area (Å²) in [5, 5.41) is 8.58. The molecule has 0 aliphatic rings. The molecule has 0 radical (unpaired) electrons. The molecular formula is C16H21FO4. The number of hydrogen-bond acceptors (Lipinski definition) is 4. The lowest BCUT2D eigenvalue weighted by molar-refractivity contribution is 0.0329. The van der Waals surface area contributed by atoms with E-state index in [-0.39, 0.29) is 19.0 Å². The molecule has 0 saturated carbocycles. The normalized spacial score (nSPS) is 10.2. The Morgan fingerprint density at radius 1 is 1.14 bits per heavy atom. The zero-order valence-electron chi connectivity index (χ0n) is 12.2. The van der Waals surface area contributed by atoms with Gasteiger partial charge in [0, 0.05) is 31.5 Å². The summed E-state index contributed by atoms with van der Waals surface area (Å²) in [7, 11) is 1.65. The van der Waals surface area contributed by atoms with Crippen LogP contribution < -0.4 is 0 Å². The molecule has 0 bridgehead atoms. The lowest BCUT2D eigenvalue weighted by Gasteiger charge is -2.07. The van der Waals surface area contributed by atoms with Crippen molar-refractivity contribution in [2.75, 3.05) is 40.1 Å². The van der Waals surface area contributed by atoms with Crippen LogP contribution in [0.25, 0.3) is 0 Å². The highest BCUT2D eigenvalue weighted by Gasteiger charge is 2.03. The Balaban J connectivity index is 2.23. The van der Waals surface area contributed by atoms with E-state index in [1.807, 2.05) is 0 Å². The first kappa shape index (κ1) is 17.6. The smallest absolute Gasteiger partial charge is 0.129 e. The number of hydrogen-bond donors (Lipinski definition) is 1. The van der Waals surface area contributed by atoms with Crippen molar-refractivity contribution in [3.8, 4) is 11.8 Å². The number of aliphatic hydroxyl groups is 1. The summed E-state index contributed by atoms with van der Waals surface area (Å²) >= 11 is 0. The maximum atomic E-state index is 13.7. The highest BCUT2D eigenvalue weighted by Crippen LogP contribution is 2.11. The molecule has 1 N–H and O–H groups in total. The van der Waals surface area contributed by atoms with Crippen molar-refractivity contribution in [3.05, 3.63) is 35.1 Å². The third-order valence-electron chi connectivity index (χ3n) is 2.63. The van der Waals surface area contributed by atoms with Crippen LogP contribution in [0, 0.1) is 17.7 Å². The minimum Gasteiger partial charge on any atom is -0.385 e. The average molecular weight is 296 g/mol. The average Bonchev–Trinajstić information content (AvgIpc) is 2.49. The Kier molecular flexibility index (Phi) is 9.42. The number of aliphatic hydroxyl groups excluding tert-OH is 1. The molecule has 0 heterocycles. The molecule has 0 saturated heterocycles. The van der Waals surface area contributed by atoms with Gasteiger partial charge in [-0.1, -0.05) is 17.9 Å². The molecule has 1 aromatic carbocycles. The lowest BCUT2D eigenvalue weighted by atomic mass is 10.1. The molecule has 4 nitrogen and oxygen atoms in total. The Morgan fingerprint density at radius 3 is 2.67 bits per heavy atom. The monoisotopic (exact) mass is 296 g/mol. The van der Waals surface area contributed by atoms with Crippen LogP contribution in [0.4, 0.5) is 4.39 Å². The van der Waals surface area contributed by atoms with Gasteiger partial charge in [-0.05, 0) is 18.6 Å². The standard InChI is InChI=1S/C16H21FO4/c1-19-8-3-9-20-10-11-21-13-15-6-5-14(4-2-7-18)12-16(15)17/h5-6,12,18H,3,7-11,13H2,1H3. The Labute approximate surface area is 124 Å². The van der Waals surface area contributed by atoms with Gasteiger partial charge in [0.2, 0.25) is 0 Å². The Bertz CT molecular complexity index is 465. The van der Waals surface area contributed by atoms with Crippen molar-refractivity contribution in [1.29, 1.82) is 0 Å². The van der Waals surface area contributed by atoms with Gasteiger partial charge < -0.3 is 19.3 Å². The van der Waals surface area contributed by atoms with E-state index in [1.54, 1.807) is 19.2 Å². The summed E-state index contributed by atoms with van der Waals surface area (Å²) in [4.78, 5) is 0. The molecule has 0 aliphatic heterocycles. The second kappa shape index (κ2) is 11.2. The number of halogens is 1. The van der Waals surface area contributed by atoms with Crippen LogP contribution in [0.3, 0.4) is 0 Å². The summed E-state index contributed by atoms with van der Waals surface area (Å²) in [6.45, 7) is 2.16. The van der Waals surface area contributed by atoms with E-state index in [9.17, 15) is 4.39 Å². The fourth-order valence-electron chi connectivity index (χ4n) is 1.59. The minimum atomic E-state index is -0.360. The van der Waals surface area contributed by atoms with Crippen LogP contribution in [0.1, 0.15) is 17.5 Å². The molecule has 116 valence electrons. The summed E-state index contributed by atoms with van der Waals surface area (Å²) in [5.74, 6) is 4.77. The van der Waals surface area contributed by atoms with E-state index in [0.29, 0.717) is 37.6 Å². The van der Waals surface area contributed by atoms with E-state index in [4.69, 9.17) is 19.3 Å². The highest BCUT2D eigenvalue weighted by molar-refractivity contribution is 5.36. The van der Waals surface area contributed by atoms with Crippen LogP contribution in [0.15, 0.2) is 18.2 Å². The fraction of sp³-hybridized carbons (Fsp3) is 0.500. The van der Waals surface area contributed by atoms with Gasteiger partial charge in [0.05, 0.1) is 19.8 Å². The maximum Gasteiger partial charge on any atom is 0.129 e. The van der Waals surface area contributed by atoms with E-state index < -0.39 is 0 Å². The number of ether oxygens (including phenoxy) is 3. The first-order valence-electron chi connectivity index (χ1n) is 6.80. The van der Waals surface area contributed by atoms with E-state index >= 15 is 0 Å². The minimum absolute atomic E-state index is 0.195. The second-order valence-corrected chi connectivity index (χ2v) is 4.28. The zero-order valence-corrected chi connectivity index (χ0v) is 12.2. The summed E-state index contributed by atoms with van der Waals surface area (Å²) < 4.78 is 29.3. The predicted molar refractivity (Wildman–Crippen MR) is 77.3 cm³/mol. The first-order chi connectivity index (χ1) is 10.3. The maximum absolute atomic E-state index is 13.7. The zero-order chi connectivity index (χ0) is 15.3. The molecule has 0 amide bonds. The third-order valence-corrected chi connectivity index (χ3v) is 2.63. The molecule has 5 heteroatoms. The Morgan fingerprint density at radius 2 is 1.95 bits per heavy atom. The molecule has 1 aromatic rings. The molecule has 0 atom stereocenters. The van der Waals surface area contributed by atoms with Crippen molar-refractivity contribution in [2.45, 2.75) is 13.0 Å². The van der Waals surface area contributed by atoms with Gasteiger partial charge in [-0.25, -0.2) is 4.39 Å². The molecule has 0 aliphatic carbocycles. The van der Waals surface area contributed by atoms with Gasteiger partial charge in [-0.15, -0.1) is 0 Å². The van der Waals surface area contributed by atoms with Gasteiger partial charge in [-0.2, -0.15) is 0 Å². The predicted octanol–water partition coefficient (Wildman–Crippen LogP) is 1.74. The van der Waals surface area contributed by atoms with E-state index in [0.717, 1.165) is 6.42 Å². The number of rotatable bonds is 9. The summed E-state index contributed by atoms with van der Waals surface area (Å²) in [6, 6.07) is 4.67.